The second kappa shape index (κ2) is 4.69. The molecule has 5 unspecified atom stereocenters. The Morgan fingerprint density at radius 3 is 2.33 bits per heavy atom. The van der Waals surface area contributed by atoms with Gasteiger partial charge in [-0.1, -0.05) is 20.8 Å². The monoisotopic (exact) mass is 424 g/mol. The van der Waals surface area contributed by atoms with Gasteiger partial charge in [-0.25, -0.2) is 4.79 Å². The quantitative estimate of drug-likeness (QED) is 0.314. The molecule has 4 heterocycles. The van der Waals surface area contributed by atoms with E-state index in [4.69, 9.17) is 18.9 Å². The third kappa shape index (κ3) is 1.35. The van der Waals surface area contributed by atoms with Gasteiger partial charge in [0.25, 0.3) is 0 Å². The van der Waals surface area contributed by atoms with Crippen molar-refractivity contribution in [3.05, 3.63) is 0 Å². The number of ether oxygens (including phenoxy) is 4. The zero-order valence-electron chi connectivity index (χ0n) is 16.9. The summed E-state index contributed by atoms with van der Waals surface area (Å²) in [5.74, 6) is -4.24. The van der Waals surface area contributed by atoms with Crippen LogP contribution in [-0.4, -0.2) is 75.1 Å². The first-order valence-corrected chi connectivity index (χ1v) is 10.2. The van der Waals surface area contributed by atoms with E-state index in [9.17, 15) is 29.7 Å². The summed E-state index contributed by atoms with van der Waals surface area (Å²) < 4.78 is 22.5. The summed E-state index contributed by atoms with van der Waals surface area (Å²) in [5.41, 5.74) is -8.15. The number of esters is 3. The van der Waals surface area contributed by atoms with E-state index in [-0.39, 0.29) is 6.42 Å². The maximum absolute atomic E-state index is 13.4. The second-order valence-corrected chi connectivity index (χ2v) is 10.7. The number of fused-ring (bicyclic) bond motifs is 1. The van der Waals surface area contributed by atoms with Crippen LogP contribution in [0.15, 0.2) is 0 Å². The van der Waals surface area contributed by atoms with E-state index in [0.717, 1.165) is 0 Å². The van der Waals surface area contributed by atoms with E-state index >= 15 is 0 Å². The van der Waals surface area contributed by atoms with E-state index in [2.05, 4.69) is 0 Å². The van der Waals surface area contributed by atoms with Crippen molar-refractivity contribution in [3.8, 4) is 0 Å². The lowest BCUT2D eigenvalue weighted by atomic mass is 9.52. The van der Waals surface area contributed by atoms with Crippen molar-refractivity contribution in [1.82, 2.24) is 0 Å². The molecule has 0 aromatic carbocycles. The van der Waals surface area contributed by atoms with Crippen molar-refractivity contribution >= 4 is 17.9 Å². The minimum Gasteiger partial charge on any atom is -0.456 e. The van der Waals surface area contributed by atoms with Crippen LogP contribution in [0.4, 0.5) is 0 Å². The number of rotatable bonds is 0. The fourth-order valence-electron chi connectivity index (χ4n) is 8.27. The van der Waals surface area contributed by atoms with Gasteiger partial charge in [-0.15, -0.1) is 0 Å². The highest BCUT2D eigenvalue weighted by atomic mass is 16.7. The van der Waals surface area contributed by atoms with Gasteiger partial charge in [0.05, 0.1) is 29.3 Å². The van der Waals surface area contributed by atoms with Crippen molar-refractivity contribution in [2.24, 2.45) is 28.1 Å². The highest BCUT2D eigenvalue weighted by molar-refractivity contribution is 5.93. The minimum atomic E-state index is -2.24. The van der Waals surface area contributed by atoms with Gasteiger partial charge < -0.3 is 34.3 Å². The molecule has 6 rings (SSSR count). The van der Waals surface area contributed by atoms with Gasteiger partial charge in [-0.2, -0.15) is 0 Å². The third-order valence-corrected chi connectivity index (χ3v) is 8.85. The first kappa shape index (κ1) is 19.0. The SMILES string of the molecule is C[C@@H]1C(=O)OC2[C@H](O)C34C5OC(=O)[C@]3(OC3OC(=O)CC34[C@H](C(C)(C)C)[C@H]5O)[C@]21O. The first-order chi connectivity index (χ1) is 13.8. The third-order valence-electron chi connectivity index (χ3n) is 8.85. The molecule has 0 aromatic rings. The molecule has 3 N–H and O–H groups in total. The molecule has 0 amide bonds. The molecular formula is C20H24O10. The Bertz CT molecular complexity index is 925. The number of hydrogen-bond acceptors (Lipinski definition) is 10. The molecule has 30 heavy (non-hydrogen) atoms. The lowest BCUT2D eigenvalue weighted by Gasteiger charge is -2.46. The first-order valence-electron chi connectivity index (χ1n) is 10.2. The molecule has 0 bridgehead atoms. The van der Waals surface area contributed by atoms with Gasteiger partial charge in [-0.05, 0) is 12.3 Å². The molecule has 2 spiro atoms. The largest absolute Gasteiger partial charge is 0.456 e. The average molecular weight is 424 g/mol. The molecule has 164 valence electrons. The summed E-state index contributed by atoms with van der Waals surface area (Å²) in [6.07, 6.45) is -7.11. The Hall–Kier alpha value is -1.75. The van der Waals surface area contributed by atoms with E-state index < -0.39 is 87.9 Å². The fourth-order valence-corrected chi connectivity index (χ4v) is 8.27. The number of carbonyl (C=O) groups is 3. The van der Waals surface area contributed by atoms with Crippen molar-refractivity contribution in [3.63, 3.8) is 0 Å². The van der Waals surface area contributed by atoms with Crippen LogP contribution in [0.25, 0.3) is 0 Å². The van der Waals surface area contributed by atoms with Gasteiger partial charge >= 0.3 is 17.9 Å². The lowest BCUT2D eigenvalue weighted by molar-refractivity contribution is -0.240. The summed E-state index contributed by atoms with van der Waals surface area (Å²) in [5, 5.41) is 34.8. The number of carbonyl (C=O) groups excluding carboxylic acids is 3. The predicted octanol–water partition coefficient (Wildman–Crippen LogP) is -1.37. The van der Waals surface area contributed by atoms with Crippen molar-refractivity contribution in [2.45, 2.75) is 76.0 Å². The maximum atomic E-state index is 13.4. The number of hydrogen-bond donors (Lipinski definition) is 3. The fraction of sp³-hybridized carbons (Fsp3) is 0.850. The molecule has 4 aliphatic heterocycles. The van der Waals surface area contributed by atoms with E-state index in [1.54, 1.807) is 0 Å². The lowest BCUT2D eigenvalue weighted by Crippen LogP contribution is -2.65. The van der Waals surface area contributed by atoms with Crippen LogP contribution >= 0.6 is 0 Å². The van der Waals surface area contributed by atoms with Gasteiger partial charge in [0.1, 0.15) is 12.2 Å². The smallest absolute Gasteiger partial charge is 0.343 e. The summed E-state index contributed by atoms with van der Waals surface area (Å²) in [6, 6.07) is 0. The molecule has 6 aliphatic rings. The molecule has 0 aromatic heterocycles. The highest BCUT2D eigenvalue weighted by Crippen LogP contribution is 2.84. The molecule has 11 atom stereocenters. The Balaban J connectivity index is 1.72. The minimum absolute atomic E-state index is 0.228. The summed E-state index contributed by atoms with van der Waals surface area (Å²) in [7, 11) is 0. The van der Waals surface area contributed by atoms with Crippen LogP contribution in [0, 0.1) is 28.1 Å². The van der Waals surface area contributed by atoms with Crippen molar-refractivity contribution in [1.29, 1.82) is 0 Å². The zero-order valence-corrected chi connectivity index (χ0v) is 16.9. The number of aliphatic hydroxyl groups is 3. The maximum Gasteiger partial charge on any atom is 0.343 e. The Labute approximate surface area is 171 Å². The predicted molar refractivity (Wildman–Crippen MR) is 92.0 cm³/mol. The van der Waals surface area contributed by atoms with Gasteiger partial charge in [0.15, 0.2) is 11.7 Å². The van der Waals surface area contributed by atoms with E-state index in [0.29, 0.717) is 0 Å². The molecule has 2 saturated carbocycles. The van der Waals surface area contributed by atoms with Crippen molar-refractivity contribution in [2.75, 3.05) is 0 Å². The van der Waals surface area contributed by atoms with Crippen LogP contribution in [0.1, 0.15) is 34.1 Å². The Morgan fingerprint density at radius 1 is 1.03 bits per heavy atom. The standard InChI is InChI=1S/C20H24O10/c1-6-13(24)28-12-10(23)18-11-8(22)9(16(2,3)4)17(18)5-7(21)27-15(17)30-20(18,14(25)29-11)19(6,12)26/h6,8-12,15,22-23,26H,5H2,1-4H3/t6-,8-,9+,10+,11?,12?,15?,17?,18?,19-,20-/m1/s1. The van der Waals surface area contributed by atoms with Crippen LogP contribution in [-0.2, 0) is 33.3 Å². The van der Waals surface area contributed by atoms with Crippen LogP contribution in [0.3, 0.4) is 0 Å². The van der Waals surface area contributed by atoms with Gasteiger partial charge in [0.2, 0.25) is 11.9 Å². The zero-order chi connectivity index (χ0) is 21.8. The molecule has 0 radical (unpaired) electrons. The van der Waals surface area contributed by atoms with Gasteiger partial charge in [-0.3, -0.25) is 9.59 Å². The average Bonchev–Trinajstić information content (AvgIpc) is 3.32. The summed E-state index contributed by atoms with van der Waals surface area (Å²) >= 11 is 0. The molecule has 2 aliphatic carbocycles. The van der Waals surface area contributed by atoms with Crippen molar-refractivity contribution < 1.29 is 48.7 Å². The molecule has 6 fully saturated rings. The molecule has 4 saturated heterocycles. The van der Waals surface area contributed by atoms with Crippen LogP contribution < -0.4 is 0 Å². The molecular weight excluding hydrogens is 400 g/mol. The normalized spacial score (nSPS) is 60.1. The molecule has 10 nitrogen and oxygen atoms in total. The van der Waals surface area contributed by atoms with Crippen LogP contribution in [0.5, 0.6) is 0 Å². The summed E-state index contributed by atoms with van der Waals surface area (Å²) in [6.45, 7) is 7.00. The Morgan fingerprint density at radius 2 is 1.70 bits per heavy atom. The second-order valence-electron chi connectivity index (χ2n) is 10.7. The number of aliphatic hydroxyl groups excluding tert-OH is 2. The molecule has 10 heteroatoms. The van der Waals surface area contributed by atoms with Gasteiger partial charge in [0, 0.05) is 5.92 Å². The summed E-state index contributed by atoms with van der Waals surface area (Å²) in [4.78, 5) is 38.2. The van der Waals surface area contributed by atoms with E-state index in [1.807, 2.05) is 20.8 Å². The highest BCUT2D eigenvalue weighted by Gasteiger charge is 3.03. The van der Waals surface area contributed by atoms with E-state index in [1.165, 1.54) is 6.92 Å². The Kier molecular flexibility index (Phi) is 2.97. The topological polar surface area (TPSA) is 149 Å². The van der Waals surface area contributed by atoms with Crippen LogP contribution in [0.2, 0.25) is 0 Å².